The first-order valence-electron chi connectivity index (χ1n) is 5.62. The van der Waals surface area contributed by atoms with E-state index in [9.17, 15) is 15.2 Å². The van der Waals surface area contributed by atoms with Crippen LogP contribution in [0, 0.1) is 10.1 Å². The Morgan fingerprint density at radius 2 is 2.22 bits per heavy atom. The van der Waals surface area contributed by atoms with E-state index in [1.807, 2.05) is 13.8 Å². The number of rotatable bonds is 2. The third-order valence-electron chi connectivity index (χ3n) is 3.07. The molecule has 2 rings (SSSR count). The molecule has 0 saturated carbocycles. The fraction of sp³-hybridized carbons (Fsp3) is 0.500. The number of ether oxygens (including phenoxy) is 2. The Morgan fingerprint density at radius 1 is 1.56 bits per heavy atom. The third kappa shape index (κ3) is 1.94. The number of benzene rings is 1. The molecule has 6 nitrogen and oxygen atoms in total. The smallest absolute Gasteiger partial charge is 0.321 e. The maximum absolute atomic E-state index is 11.1. The number of phenols is 1. The van der Waals surface area contributed by atoms with Crippen LogP contribution < -0.4 is 9.47 Å². The molecule has 0 unspecified atom stereocenters. The van der Waals surface area contributed by atoms with Crippen molar-refractivity contribution in [1.82, 2.24) is 0 Å². The van der Waals surface area contributed by atoms with Crippen LogP contribution in [-0.4, -0.2) is 22.7 Å². The minimum atomic E-state index is -0.599. The van der Waals surface area contributed by atoms with Gasteiger partial charge in [0.1, 0.15) is 11.4 Å². The molecular formula is C12H15NO5. The molecule has 1 aliphatic rings. The topological polar surface area (TPSA) is 81.8 Å². The van der Waals surface area contributed by atoms with Gasteiger partial charge in [0.05, 0.1) is 17.6 Å². The van der Waals surface area contributed by atoms with Crippen molar-refractivity contribution in [3.05, 3.63) is 21.7 Å². The SMILES string of the molecule is COc1cc2c(c([N+](=O)[O-])c1O)CCC(C)(C)O2. The molecule has 0 bridgehead atoms. The van der Waals surface area contributed by atoms with Gasteiger partial charge in [-0.15, -0.1) is 0 Å². The summed E-state index contributed by atoms with van der Waals surface area (Å²) in [4.78, 5) is 10.5. The predicted molar refractivity (Wildman–Crippen MR) is 64.3 cm³/mol. The summed E-state index contributed by atoms with van der Waals surface area (Å²) in [6.45, 7) is 3.84. The fourth-order valence-corrected chi connectivity index (χ4v) is 2.11. The first-order valence-corrected chi connectivity index (χ1v) is 5.62. The standard InChI is InChI=1S/C12H15NO5/c1-12(2)5-4-7-8(18-12)6-9(17-3)11(14)10(7)13(15)16/h6,14H,4-5H2,1-3H3. The molecule has 0 saturated heterocycles. The highest BCUT2D eigenvalue weighted by atomic mass is 16.6. The van der Waals surface area contributed by atoms with E-state index in [0.29, 0.717) is 24.2 Å². The van der Waals surface area contributed by atoms with Crippen LogP contribution in [0.5, 0.6) is 17.2 Å². The number of aromatic hydroxyl groups is 1. The Balaban J connectivity index is 2.64. The average molecular weight is 253 g/mol. The van der Waals surface area contributed by atoms with Gasteiger partial charge in [0.2, 0.25) is 5.75 Å². The van der Waals surface area contributed by atoms with E-state index in [1.54, 1.807) is 0 Å². The zero-order valence-corrected chi connectivity index (χ0v) is 10.5. The Morgan fingerprint density at radius 3 is 2.78 bits per heavy atom. The number of hydrogen-bond acceptors (Lipinski definition) is 5. The molecule has 0 amide bonds. The van der Waals surface area contributed by atoms with Crippen molar-refractivity contribution in [2.24, 2.45) is 0 Å². The van der Waals surface area contributed by atoms with Crippen molar-refractivity contribution in [3.63, 3.8) is 0 Å². The number of fused-ring (bicyclic) bond motifs is 1. The van der Waals surface area contributed by atoms with E-state index in [4.69, 9.17) is 9.47 Å². The first-order chi connectivity index (χ1) is 8.35. The monoisotopic (exact) mass is 253 g/mol. The third-order valence-corrected chi connectivity index (χ3v) is 3.07. The second kappa shape index (κ2) is 4.04. The minimum Gasteiger partial charge on any atom is -0.500 e. The molecule has 1 aromatic rings. The zero-order valence-electron chi connectivity index (χ0n) is 10.5. The van der Waals surface area contributed by atoms with E-state index in [1.165, 1.54) is 13.2 Å². The lowest BCUT2D eigenvalue weighted by atomic mass is 9.93. The zero-order chi connectivity index (χ0) is 13.5. The van der Waals surface area contributed by atoms with Crippen molar-refractivity contribution < 1.29 is 19.5 Å². The van der Waals surface area contributed by atoms with Gasteiger partial charge in [0, 0.05) is 6.07 Å². The van der Waals surface area contributed by atoms with Crippen LogP contribution in [-0.2, 0) is 6.42 Å². The van der Waals surface area contributed by atoms with Gasteiger partial charge in [-0.25, -0.2) is 0 Å². The predicted octanol–water partition coefficient (Wildman–Crippen LogP) is 2.41. The van der Waals surface area contributed by atoms with Gasteiger partial charge in [0.25, 0.3) is 0 Å². The van der Waals surface area contributed by atoms with Crippen LogP contribution in [0.3, 0.4) is 0 Å². The Labute approximate surface area is 104 Å². The lowest BCUT2D eigenvalue weighted by Crippen LogP contribution is -2.32. The number of nitrogens with zero attached hydrogens (tertiary/aromatic N) is 1. The molecule has 18 heavy (non-hydrogen) atoms. The summed E-state index contributed by atoms with van der Waals surface area (Å²) in [5.41, 5.74) is -0.263. The van der Waals surface area contributed by atoms with E-state index < -0.39 is 10.7 Å². The van der Waals surface area contributed by atoms with Gasteiger partial charge in [0.15, 0.2) is 5.75 Å². The van der Waals surface area contributed by atoms with E-state index >= 15 is 0 Å². The molecule has 6 heteroatoms. The summed E-state index contributed by atoms with van der Waals surface area (Å²) in [5.74, 6) is 0.0234. The Bertz CT molecular complexity index is 510. The normalized spacial score (nSPS) is 16.6. The van der Waals surface area contributed by atoms with Crippen LogP contribution in [0.2, 0.25) is 0 Å². The van der Waals surface area contributed by atoms with Crippen LogP contribution in [0.1, 0.15) is 25.8 Å². The lowest BCUT2D eigenvalue weighted by molar-refractivity contribution is -0.386. The molecule has 1 aliphatic heterocycles. The highest BCUT2D eigenvalue weighted by Crippen LogP contribution is 2.47. The number of phenolic OH excluding ortho intramolecular Hbond substituents is 1. The molecule has 98 valence electrons. The van der Waals surface area contributed by atoms with Crippen molar-refractivity contribution in [3.8, 4) is 17.2 Å². The largest absolute Gasteiger partial charge is 0.500 e. The van der Waals surface area contributed by atoms with Gasteiger partial charge in [-0.1, -0.05) is 0 Å². The molecule has 1 aromatic carbocycles. The van der Waals surface area contributed by atoms with E-state index in [-0.39, 0.29) is 17.0 Å². The van der Waals surface area contributed by atoms with Gasteiger partial charge in [-0.2, -0.15) is 0 Å². The maximum atomic E-state index is 11.1. The molecule has 0 atom stereocenters. The van der Waals surface area contributed by atoms with Gasteiger partial charge >= 0.3 is 5.69 Å². The molecular weight excluding hydrogens is 238 g/mol. The minimum absolute atomic E-state index is 0.0538. The molecule has 0 spiro atoms. The summed E-state index contributed by atoms with van der Waals surface area (Å²) in [7, 11) is 1.35. The summed E-state index contributed by atoms with van der Waals surface area (Å²) in [6, 6.07) is 1.50. The molecule has 0 aliphatic carbocycles. The van der Waals surface area contributed by atoms with Crippen molar-refractivity contribution in [1.29, 1.82) is 0 Å². The van der Waals surface area contributed by atoms with Crippen LogP contribution in [0.4, 0.5) is 5.69 Å². The van der Waals surface area contributed by atoms with E-state index in [2.05, 4.69) is 0 Å². The van der Waals surface area contributed by atoms with Crippen LogP contribution in [0.15, 0.2) is 6.07 Å². The average Bonchev–Trinajstić information content (AvgIpc) is 2.27. The fourth-order valence-electron chi connectivity index (χ4n) is 2.11. The molecule has 1 heterocycles. The number of hydrogen-bond donors (Lipinski definition) is 1. The van der Waals surface area contributed by atoms with Gasteiger partial charge in [-0.3, -0.25) is 10.1 Å². The van der Waals surface area contributed by atoms with Gasteiger partial charge < -0.3 is 14.6 Å². The molecule has 0 radical (unpaired) electrons. The lowest BCUT2D eigenvalue weighted by Gasteiger charge is -2.32. The van der Waals surface area contributed by atoms with Crippen molar-refractivity contribution in [2.75, 3.05) is 7.11 Å². The highest BCUT2D eigenvalue weighted by molar-refractivity contribution is 5.65. The molecule has 0 fully saturated rings. The second-order valence-corrected chi connectivity index (χ2v) is 4.87. The quantitative estimate of drug-likeness (QED) is 0.646. The summed E-state index contributed by atoms with van der Waals surface area (Å²) >= 11 is 0. The van der Waals surface area contributed by atoms with Crippen LogP contribution >= 0.6 is 0 Å². The highest BCUT2D eigenvalue weighted by Gasteiger charge is 2.35. The number of methoxy groups -OCH3 is 1. The van der Waals surface area contributed by atoms with Crippen LogP contribution in [0.25, 0.3) is 0 Å². The number of nitro groups is 1. The second-order valence-electron chi connectivity index (χ2n) is 4.87. The van der Waals surface area contributed by atoms with Gasteiger partial charge in [-0.05, 0) is 26.7 Å². The molecule has 1 N–H and O–H groups in total. The Kier molecular flexibility index (Phi) is 2.80. The van der Waals surface area contributed by atoms with Crippen molar-refractivity contribution in [2.45, 2.75) is 32.3 Å². The van der Waals surface area contributed by atoms with Crippen molar-refractivity contribution >= 4 is 5.69 Å². The Hall–Kier alpha value is -1.98. The summed E-state index contributed by atoms with van der Waals surface area (Å²) in [6.07, 6.45) is 1.16. The molecule has 0 aromatic heterocycles. The van der Waals surface area contributed by atoms with E-state index in [0.717, 1.165) is 0 Å². The summed E-state index contributed by atoms with van der Waals surface area (Å²) in [5, 5.41) is 20.9. The summed E-state index contributed by atoms with van der Waals surface area (Å²) < 4.78 is 10.6. The maximum Gasteiger partial charge on any atom is 0.321 e. The number of nitro benzene ring substituents is 1. The first kappa shape index (κ1) is 12.5.